The molecule has 1 aromatic heterocycles. The quantitative estimate of drug-likeness (QED) is 0.284. The predicted molar refractivity (Wildman–Crippen MR) is 72.7 cm³/mol. The largest absolute Gasteiger partial charge is 0.287 e. The van der Waals surface area contributed by atoms with Crippen molar-refractivity contribution in [1.29, 1.82) is 0 Å². The number of rotatable bonds is 1. The number of carbonyl (C=O) groups is 1. The van der Waals surface area contributed by atoms with E-state index in [1.54, 1.807) is 12.1 Å². The van der Waals surface area contributed by atoms with E-state index in [9.17, 15) is 4.79 Å². The molecule has 0 spiro atoms. The van der Waals surface area contributed by atoms with Crippen LogP contribution in [0.1, 0.15) is 10.4 Å². The minimum Gasteiger partial charge on any atom is -0.287 e. The van der Waals surface area contributed by atoms with Crippen LogP contribution in [0.25, 0.3) is 32.2 Å². The monoisotopic (exact) mass is 248 g/mol. The van der Waals surface area contributed by atoms with E-state index < -0.39 is 5.91 Å². The van der Waals surface area contributed by atoms with Gasteiger partial charge in [0.1, 0.15) is 0 Å². The van der Waals surface area contributed by atoms with Gasteiger partial charge in [-0.05, 0) is 28.8 Å². The Hall–Kier alpha value is -2.91. The van der Waals surface area contributed by atoms with E-state index in [0.717, 1.165) is 10.9 Å². The highest BCUT2D eigenvalue weighted by Gasteiger charge is 2.09. The maximum Gasteiger partial charge on any atom is 0.249 e. The average Bonchev–Trinajstić information content (AvgIpc) is 2.44. The Labute approximate surface area is 108 Å². The van der Waals surface area contributed by atoms with Gasteiger partial charge >= 0.3 is 0 Å². The number of azide groups is 1. The van der Waals surface area contributed by atoms with E-state index in [1.807, 2.05) is 36.4 Å². The van der Waals surface area contributed by atoms with Crippen molar-refractivity contribution in [1.82, 2.24) is 4.98 Å². The van der Waals surface area contributed by atoms with Crippen molar-refractivity contribution in [2.24, 2.45) is 5.11 Å². The third kappa shape index (κ3) is 1.88. The highest BCUT2D eigenvalue weighted by molar-refractivity contribution is 6.08. The van der Waals surface area contributed by atoms with Crippen LogP contribution >= 0.6 is 0 Å². The van der Waals surface area contributed by atoms with Crippen LogP contribution in [0.2, 0.25) is 0 Å². The molecule has 3 aromatic rings. The SMILES string of the molecule is [N-]=[N+]=NC(=O)c1cccc2nc3ccccc3cc12. The normalized spacial score (nSPS) is 10.3. The molecular weight excluding hydrogens is 240 g/mol. The van der Waals surface area contributed by atoms with Gasteiger partial charge in [0.25, 0.3) is 0 Å². The number of carbonyl (C=O) groups excluding carboxylic acids is 1. The van der Waals surface area contributed by atoms with Crippen LogP contribution in [-0.2, 0) is 0 Å². The van der Waals surface area contributed by atoms with E-state index in [1.165, 1.54) is 0 Å². The number of amides is 1. The molecule has 0 aliphatic heterocycles. The first kappa shape index (κ1) is 11.2. The van der Waals surface area contributed by atoms with Crippen LogP contribution in [0.4, 0.5) is 0 Å². The molecule has 1 heterocycles. The Morgan fingerprint density at radius 3 is 2.74 bits per heavy atom. The molecule has 90 valence electrons. The van der Waals surface area contributed by atoms with Gasteiger partial charge in [-0.3, -0.25) is 4.79 Å². The highest BCUT2D eigenvalue weighted by atomic mass is 16.1. The summed E-state index contributed by atoms with van der Waals surface area (Å²) in [6.07, 6.45) is 0. The van der Waals surface area contributed by atoms with Gasteiger partial charge in [-0.2, -0.15) is 0 Å². The molecule has 0 unspecified atom stereocenters. The molecule has 0 fully saturated rings. The first-order valence-corrected chi connectivity index (χ1v) is 5.67. The first-order valence-electron chi connectivity index (χ1n) is 5.67. The first-order chi connectivity index (χ1) is 9.29. The molecule has 0 aliphatic rings. The van der Waals surface area contributed by atoms with E-state index >= 15 is 0 Å². The smallest absolute Gasteiger partial charge is 0.249 e. The van der Waals surface area contributed by atoms with Crippen molar-refractivity contribution in [3.05, 3.63) is 64.5 Å². The van der Waals surface area contributed by atoms with Gasteiger partial charge in [0.05, 0.1) is 11.0 Å². The molecule has 0 bridgehead atoms. The minimum absolute atomic E-state index is 0.369. The summed E-state index contributed by atoms with van der Waals surface area (Å²) in [5.41, 5.74) is 10.3. The topological polar surface area (TPSA) is 78.7 Å². The summed E-state index contributed by atoms with van der Waals surface area (Å²) < 4.78 is 0. The number of benzene rings is 2. The van der Waals surface area contributed by atoms with Crippen LogP contribution in [0.5, 0.6) is 0 Å². The van der Waals surface area contributed by atoms with Crippen LogP contribution in [0.3, 0.4) is 0 Å². The summed E-state index contributed by atoms with van der Waals surface area (Å²) in [6, 6.07) is 14.7. The fraction of sp³-hybridized carbons (Fsp3) is 0. The van der Waals surface area contributed by atoms with Gasteiger partial charge in [0.2, 0.25) is 5.91 Å². The molecule has 5 nitrogen and oxygen atoms in total. The average molecular weight is 248 g/mol. The van der Waals surface area contributed by atoms with Crippen molar-refractivity contribution in [3.63, 3.8) is 0 Å². The van der Waals surface area contributed by atoms with E-state index in [0.29, 0.717) is 16.5 Å². The number of hydrogen-bond acceptors (Lipinski definition) is 2. The number of pyridine rings is 1. The zero-order valence-corrected chi connectivity index (χ0v) is 9.82. The molecule has 1 amide bonds. The van der Waals surface area contributed by atoms with Crippen LogP contribution in [0, 0.1) is 0 Å². The Kier molecular flexibility index (Phi) is 2.59. The van der Waals surface area contributed by atoms with Gasteiger partial charge in [0.15, 0.2) is 0 Å². The maximum absolute atomic E-state index is 11.7. The van der Waals surface area contributed by atoms with Crippen molar-refractivity contribution in [2.45, 2.75) is 0 Å². The van der Waals surface area contributed by atoms with Gasteiger partial charge < -0.3 is 0 Å². The third-order valence-electron chi connectivity index (χ3n) is 2.93. The van der Waals surface area contributed by atoms with Crippen LogP contribution in [0.15, 0.2) is 53.6 Å². The van der Waals surface area contributed by atoms with Gasteiger partial charge in [-0.25, -0.2) is 4.98 Å². The Morgan fingerprint density at radius 1 is 1.11 bits per heavy atom. The lowest BCUT2D eigenvalue weighted by Crippen LogP contribution is -1.95. The fourth-order valence-corrected chi connectivity index (χ4v) is 2.08. The van der Waals surface area contributed by atoms with Gasteiger partial charge in [-0.15, -0.1) is 0 Å². The molecular formula is C14H8N4O. The molecule has 19 heavy (non-hydrogen) atoms. The van der Waals surface area contributed by atoms with Crippen LogP contribution in [-0.4, -0.2) is 10.9 Å². The fourth-order valence-electron chi connectivity index (χ4n) is 2.08. The van der Waals surface area contributed by atoms with Crippen molar-refractivity contribution < 1.29 is 4.79 Å². The molecule has 5 heteroatoms. The van der Waals surface area contributed by atoms with Crippen molar-refractivity contribution >= 4 is 27.7 Å². The molecule has 0 N–H and O–H groups in total. The lowest BCUT2D eigenvalue weighted by molar-refractivity contribution is 0.100. The summed E-state index contributed by atoms with van der Waals surface area (Å²) in [5.74, 6) is -0.592. The van der Waals surface area contributed by atoms with Gasteiger partial charge in [-0.1, -0.05) is 30.3 Å². The second kappa shape index (κ2) is 4.40. The van der Waals surface area contributed by atoms with E-state index in [4.69, 9.17) is 5.53 Å². The standard InChI is InChI=1S/C14H8N4O/c15-18-17-14(19)10-5-3-7-13-11(10)8-9-4-1-2-6-12(9)16-13/h1-8H. The minimum atomic E-state index is -0.592. The number of hydrogen-bond donors (Lipinski definition) is 0. The summed E-state index contributed by atoms with van der Waals surface area (Å²) >= 11 is 0. The van der Waals surface area contributed by atoms with Gasteiger partial charge in [0, 0.05) is 21.2 Å². The third-order valence-corrected chi connectivity index (χ3v) is 2.93. The van der Waals surface area contributed by atoms with E-state index in [2.05, 4.69) is 15.0 Å². The summed E-state index contributed by atoms with van der Waals surface area (Å²) in [6.45, 7) is 0. The molecule has 0 aliphatic carbocycles. The summed E-state index contributed by atoms with van der Waals surface area (Å²) in [4.78, 5) is 18.8. The second-order valence-electron chi connectivity index (χ2n) is 4.05. The summed E-state index contributed by atoms with van der Waals surface area (Å²) in [5, 5.41) is 4.77. The molecule has 2 aromatic carbocycles. The second-order valence-corrected chi connectivity index (χ2v) is 4.05. The van der Waals surface area contributed by atoms with Crippen molar-refractivity contribution in [3.8, 4) is 0 Å². The molecule has 0 saturated carbocycles. The van der Waals surface area contributed by atoms with Crippen LogP contribution < -0.4 is 0 Å². The Morgan fingerprint density at radius 2 is 1.89 bits per heavy atom. The number of nitrogens with zero attached hydrogens (tertiary/aromatic N) is 4. The molecule has 0 radical (unpaired) electrons. The zero-order valence-electron chi connectivity index (χ0n) is 9.82. The summed E-state index contributed by atoms with van der Waals surface area (Å²) in [7, 11) is 0. The number of aromatic nitrogens is 1. The Balaban J connectivity index is 2.38. The lowest BCUT2D eigenvalue weighted by atomic mass is 10.1. The molecule has 3 rings (SSSR count). The predicted octanol–water partition coefficient (Wildman–Crippen LogP) is 3.84. The maximum atomic E-state index is 11.7. The molecule has 0 atom stereocenters. The number of fused-ring (bicyclic) bond motifs is 2. The Bertz CT molecular complexity index is 850. The zero-order chi connectivity index (χ0) is 13.2. The molecule has 0 saturated heterocycles. The number of para-hydroxylation sites is 1. The van der Waals surface area contributed by atoms with E-state index in [-0.39, 0.29) is 0 Å². The lowest BCUT2D eigenvalue weighted by Gasteiger charge is -2.04. The highest BCUT2D eigenvalue weighted by Crippen LogP contribution is 2.23. The van der Waals surface area contributed by atoms with Crippen molar-refractivity contribution in [2.75, 3.05) is 0 Å².